The van der Waals surface area contributed by atoms with Crippen LogP contribution in [-0.2, 0) is 28.7 Å². The zero-order valence-corrected chi connectivity index (χ0v) is 45.2. The quantitative estimate of drug-likeness (QED) is 0.0593. The summed E-state index contributed by atoms with van der Waals surface area (Å²) in [6, 6.07) is 16.7. The van der Waals surface area contributed by atoms with E-state index in [0.29, 0.717) is 49.2 Å². The van der Waals surface area contributed by atoms with E-state index in [0.717, 1.165) is 61.2 Å². The number of thiocarbonyl (C=S) groups is 2. The van der Waals surface area contributed by atoms with Crippen LogP contribution in [0, 0.1) is 16.7 Å². The van der Waals surface area contributed by atoms with Gasteiger partial charge in [-0.3, -0.25) is 19.2 Å². The molecular formula is C52H77N7O6S4. The van der Waals surface area contributed by atoms with Crippen molar-refractivity contribution in [2.45, 2.75) is 153 Å². The fraction of sp³-hybridized carbons (Fsp3) is 0.654. The van der Waals surface area contributed by atoms with Gasteiger partial charge in [-0.2, -0.15) is 0 Å². The predicted molar refractivity (Wildman–Crippen MR) is 287 cm³/mol. The summed E-state index contributed by atoms with van der Waals surface area (Å²) in [5.74, 6) is 1.25. The number of benzene rings is 2. The highest BCUT2D eigenvalue weighted by Gasteiger charge is 2.56. The second kappa shape index (κ2) is 25.4. The number of hydrogen-bond acceptors (Lipinski definition) is 11. The van der Waals surface area contributed by atoms with Crippen molar-refractivity contribution in [3.8, 4) is 0 Å². The van der Waals surface area contributed by atoms with Gasteiger partial charge in [-0.1, -0.05) is 139 Å². The van der Waals surface area contributed by atoms with Gasteiger partial charge < -0.3 is 45.9 Å². The number of rotatable bonds is 22. The molecule has 4 aliphatic heterocycles. The van der Waals surface area contributed by atoms with E-state index in [4.69, 9.17) is 33.9 Å². The molecule has 0 aromatic heterocycles. The zero-order valence-electron chi connectivity index (χ0n) is 41.9. The number of fused-ring (bicyclic) bond motifs is 2. The van der Waals surface area contributed by atoms with E-state index >= 15 is 0 Å². The van der Waals surface area contributed by atoms with Gasteiger partial charge in [-0.15, -0.1) is 23.5 Å². The number of ether oxygens (including phenoxy) is 2. The third-order valence-corrected chi connectivity index (χ3v) is 17.6. The van der Waals surface area contributed by atoms with Crippen LogP contribution in [0.3, 0.4) is 0 Å². The van der Waals surface area contributed by atoms with Crippen molar-refractivity contribution in [1.29, 1.82) is 0 Å². The first-order chi connectivity index (χ1) is 32.9. The van der Waals surface area contributed by atoms with Gasteiger partial charge in [0.05, 0.1) is 52.1 Å². The van der Waals surface area contributed by atoms with E-state index in [2.05, 4.69) is 54.3 Å². The molecule has 5 N–H and O–H groups in total. The second-order valence-electron chi connectivity index (χ2n) is 20.7. The molecule has 4 amide bonds. The maximum absolute atomic E-state index is 14.4. The van der Waals surface area contributed by atoms with E-state index in [1.54, 1.807) is 23.5 Å². The second-order valence-corrected chi connectivity index (χ2v) is 24.2. The minimum absolute atomic E-state index is 0.0596. The summed E-state index contributed by atoms with van der Waals surface area (Å²) < 4.78 is 12.5. The molecule has 9 atom stereocenters. The van der Waals surface area contributed by atoms with E-state index in [1.165, 1.54) is 0 Å². The summed E-state index contributed by atoms with van der Waals surface area (Å²) in [6.45, 7) is 16.0. The molecule has 2 aromatic rings. The first kappa shape index (κ1) is 55.0. The highest BCUT2D eigenvalue weighted by atomic mass is 32.2. The fourth-order valence-corrected chi connectivity index (χ4v) is 13.5. The molecule has 4 fully saturated rings. The lowest BCUT2D eigenvalue weighted by molar-refractivity contribution is -0.142. The molecule has 13 nitrogen and oxygen atoms in total. The Bertz CT molecular complexity index is 2060. The summed E-state index contributed by atoms with van der Waals surface area (Å²) >= 11 is 14.7. The standard InChI is InChI=1S/C52H77N7O6S4/c1-33(2)47(66)56-37-23-27-68-41-29-51(4,5)43(58(41)49(37)62)45(60)54-39(35-19-13-11-14-20-35)31-64-25-17-9-10-18-26-65-32-40(36-21-15-12-16-22-36)55-46(61)44-52(6,7)30-42-59(44)50(63)38(24-28-69-42)57-48(67)34(3)53-8/h11-16,19-22,33-34,37-44,53H,9-10,17-18,23-32H2,1-8H3,(H,54,60)(H,55,61)(H,56,66)(H,57,67)/t34-,37-,38-,39+,40+,41-,42-,43+,44+/m0/s1. The highest BCUT2D eigenvalue weighted by Crippen LogP contribution is 2.48. The Morgan fingerprint density at radius 3 is 1.46 bits per heavy atom. The lowest BCUT2D eigenvalue weighted by Gasteiger charge is -2.35. The highest BCUT2D eigenvalue weighted by molar-refractivity contribution is 8.00. The molecule has 6 rings (SSSR count). The first-order valence-electron chi connectivity index (χ1n) is 24.9. The normalized spacial score (nSPS) is 25.4. The molecule has 0 bridgehead atoms. The Balaban J connectivity index is 0.977. The van der Waals surface area contributed by atoms with Crippen molar-refractivity contribution in [2.75, 3.05) is 45.0 Å². The average molecular weight is 1020 g/mol. The number of unbranched alkanes of at least 4 members (excludes halogenated alkanes) is 3. The molecule has 0 saturated carbocycles. The van der Waals surface area contributed by atoms with Crippen molar-refractivity contribution in [3.05, 3.63) is 71.8 Å². The summed E-state index contributed by atoms with van der Waals surface area (Å²) in [4.78, 5) is 62.1. The maximum Gasteiger partial charge on any atom is 0.246 e. The van der Waals surface area contributed by atoms with Gasteiger partial charge in [-0.05, 0) is 86.0 Å². The Labute approximate surface area is 430 Å². The summed E-state index contributed by atoms with van der Waals surface area (Å²) in [6.07, 6.45) is 6.35. The van der Waals surface area contributed by atoms with Crippen LogP contribution >= 0.6 is 48.0 Å². The largest absolute Gasteiger partial charge is 0.379 e. The Hall–Kier alpha value is -3.32. The van der Waals surface area contributed by atoms with Gasteiger partial charge in [0.1, 0.15) is 24.2 Å². The molecule has 380 valence electrons. The number of amides is 4. The van der Waals surface area contributed by atoms with Crippen molar-refractivity contribution in [1.82, 2.24) is 36.4 Å². The van der Waals surface area contributed by atoms with Gasteiger partial charge in [0.2, 0.25) is 23.6 Å². The van der Waals surface area contributed by atoms with Crippen LogP contribution in [0.15, 0.2) is 60.7 Å². The van der Waals surface area contributed by atoms with E-state index in [9.17, 15) is 19.2 Å². The number of carbonyl (C=O) groups excluding carboxylic acids is 4. The number of nitrogens with one attached hydrogen (secondary N) is 5. The Morgan fingerprint density at radius 1 is 0.667 bits per heavy atom. The van der Waals surface area contributed by atoms with Gasteiger partial charge >= 0.3 is 0 Å². The molecule has 0 aliphatic carbocycles. The van der Waals surface area contributed by atoms with Gasteiger partial charge in [0, 0.05) is 19.1 Å². The van der Waals surface area contributed by atoms with Crippen LogP contribution in [0.1, 0.15) is 123 Å². The number of thioether (sulfide) groups is 2. The van der Waals surface area contributed by atoms with Crippen molar-refractivity contribution in [2.24, 2.45) is 16.7 Å². The third-order valence-electron chi connectivity index (χ3n) is 14.0. The molecule has 4 saturated heterocycles. The molecule has 0 spiro atoms. The predicted octanol–water partition coefficient (Wildman–Crippen LogP) is 7.31. The smallest absolute Gasteiger partial charge is 0.246 e. The first-order valence-corrected chi connectivity index (χ1v) is 27.9. The molecule has 2 aromatic carbocycles. The Kier molecular flexibility index (Phi) is 20.2. The fourth-order valence-electron chi connectivity index (χ4n) is 9.95. The molecule has 0 unspecified atom stereocenters. The lowest BCUT2D eigenvalue weighted by Crippen LogP contribution is -2.58. The number of likely N-dealkylation sites (N-methyl/N-ethyl adjacent to an activating group) is 1. The number of nitrogens with zero attached hydrogens (tertiary/aromatic N) is 2. The van der Waals surface area contributed by atoms with Crippen LogP contribution in [0.4, 0.5) is 0 Å². The van der Waals surface area contributed by atoms with Gasteiger partial charge in [0.15, 0.2) is 0 Å². The monoisotopic (exact) mass is 1020 g/mol. The SMILES string of the molecule is CN[C@@H](C)C(=S)N[C@H]1CCS[C@H]2CC(C)(C)[C@@H](C(=O)N[C@H](COCCCCCCOC[C@@H](NC(=O)[C@H]3N4C(=O)[C@@H](NC(=S)C(C)C)CCS[C@H]4CC3(C)C)c3ccccc3)c3ccccc3)N2C1=O. The number of hydrogen-bond donors (Lipinski definition) is 5. The molecule has 17 heteroatoms. The summed E-state index contributed by atoms with van der Waals surface area (Å²) in [5.41, 5.74) is 1.04. The molecular weight excluding hydrogens is 947 g/mol. The minimum Gasteiger partial charge on any atom is -0.379 e. The Morgan fingerprint density at radius 2 is 1.07 bits per heavy atom. The van der Waals surface area contributed by atoms with Crippen LogP contribution < -0.4 is 26.6 Å². The van der Waals surface area contributed by atoms with Gasteiger partial charge in [-0.25, -0.2) is 0 Å². The van der Waals surface area contributed by atoms with Crippen molar-refractivity contribution >= 4 is 81.6 Å². The molecule has 0 radical (unpaired) electrons. The average Bonchev–Trinajstić information content (AvgIpc) is 3.64. The van der Waals surface area contributed by atoms with Crippen LogP contribution in [0.2, 0.25) is 0 Å². The van der Waals surface area contributed by atoms with E-state index < -0.39 is 35.0 Å². The summed E-state index contributed by atoms with van der Waals surface area (Å²) in [5, 5.41) is 16.2. The lowest BCUT2D eigenvalue weighted by atomic mass is 9.83. The van der Waals surface area contributed by atoms with Crippen LogP contribution in [0.25, 0.3) is 0 Å². The van der Waals surface area contributed by atoms with Crippen molar-refractivity contribution < 1.29 is 28.7 Å². The third kappa shape index (κ3) is 14.2. The summed E-state index contributed by atoms with van der Waals surface area (Å²) in [7, 11) is 1.84. The van der Waals surface area contributed by atoms with Crippen LogP contribution in [0.5, 0.6) is 0 Å². The topological polar surface area (TPSA) is 153 Å². The van der Waals surface area contributed by atoms with Crippen LogP contribution in [-0.4, -0.2) is 129 Å². The van der Waals surface area contributed by atoms with E-state index in [-0.39, 0.29) is 58.4 Å². The molecule has 4 aliphatic rings. The molecule has 69 heavy (non-hydrogen) atoms. The molecule has 4 heterocycles. The number of carbonyl (C=O) groups is 4. The zero-order chi connectivity index (χ0) is 49.9. The van der Waals surface area contributed by atoms with Gasteiger partial charge in [0.25, 0.3) is 0 Å². The van der Waals surface area contributed by atoms with E-state index in [1.807, 2.05) is 98.3 Å². The minimum atomic E-state index is -0.644. The maximum atomic E-state index is 14.4. The van der Waals surface area contributed by atoms with Crippen molar-refractivity contribution in [3.63, 3.8) is 0 Å².